The fourth-order valence-electron chi connectivity index (χ4n) is 1.75. The van der Waals surface area contributed by atoms with Crippen LogP contribution < -0.4 is 9.47 Å². The van der Waals surface area contributed by atoms with Gasteiger partial charge in [-0.05, 0) is 24.6 Å². The second-order valence-corrected chi connectivity index (χ2v) is 3.64. The zero-order valence-corrected chi connectivity index (χ0v) is 9.94. The Morgan fingerprint density at radius 3 is 2.59 bits per heavy atom. The number of aromatic nitrogens is 1. The SMILES string of the molecule is COc1nc2c(OC)ccc(C)c2cc1C#N. The van der Waals surface area contributed by atoms with Gasteiger partial charge in [0.1, 0.15) is 22.9 Å². The Hall–Kier alpha value is -2.28. The summed E-state index contributed by atoms with van der Waals surface area (Å²) in [5.74, 6) is 0.997. The average Bonchev–Trinajstić information content (AvgIpc) is 2.38. The van der Waals surface area contributed by atoms with Gasteiger partial charge in [0.15, 0.2) is 0 Å². The van der Waals surface area contributed by atoms with Gasteiger partial charge >= 0.3 is 0 Å². The number of hydrogen-bond acceptors (Lipinski definition) is 4. The van der Waals surface area contributed by atoms with Gasteiger partial charge in [0, 0.05) is 5.39 Å². The third-order valence-corrected chi connectivity index (χ3v) is 2.66. The van der Waals surface area contributed by atoms with Crippen LogP contribution in [-0.2, 0) is 0 Å². The molecule has 0 aliphatic heterocycles. The number of benzene rings is 1. The van der Waals surface area contributed by atoms with Gasteiger partial charge in [0.05, 0.1) is 14.2 Å². The van der Waals surface area contributed by atoms with E-state index in [1.165, 1.54) is 7.11 Å². The molecule has 1 aromatic carbocycles. The number of ether oxygens (including phenoxy) is 2. The second kappa shape index (κ2) is 4.30. The minimum Gasteiger partial charge on any atom is -0.494 e. The van der Waals surface area contributed by atoms with Crippen LogP contribution in [-0.4, -0.2) is 19.2 Å². The predicted molar refractivity (Wildman–Crippen MR) is 64.3 cm³/mol. The number of fused-ring (bicyclic) bond motifs is 1. The van der Waals surface area contributed by atoms with Crippen molar-refractivity contribution < 1.29 is 9.47 Å². The van der Waals surface area contributed by atoms with Crippen LogP contribution >= 0.6 is 0 Å². The highest BCUT2D eigenvalue weighted by atomic mass is 16.5. The van der Waals surface area contributed by atoms with Crippen LogP contribution in [0.2, 0.25) is 0 Å². The molecule has 0 aliphatic rings. The largest absolute Gasteiger partial charge is 0.494 e. The fraction of sp³-hybridized carbons (Fsp3) is 0.231. The van der Waals surface area contributed by atoms with Crippen LogP contribution in [0.1, 0.15) is 11.1 Å². The van der Waals surface area contributed by atoms with Gasteiger partial charge in [-0.1, -0.05) is 6.07 Å². The maximum Gasteiger partial charge on any atom is 0.232 e. The Morgan fingerprint density at radius 1 is 1.24 bits per heavy atom. The monoisotopic (exact) mass is 228 g/mol. The molecule has 4 heteroatoms. The molecule has 0 fully saturated rings. The molecule has 1 heterocycles. The third kappa shape index (κ3) is 1.76. The lowest BCUT2D eigenvalue weighted by Crippen LogP contribution is -1.96. The molecule has 0 spiro atoms. The standard InChI is InChI=1S/C13H12N2O2/c1-8-4-5-11(16-2)12-10(8)6-9(7-14)13(15-12)17-3/h4-6H,1-3H3. The van der Waals surface area contributed by atoms with Crippen LogP contribution in [0.4, 0.5) is 0 Å². The molecule has 0 atom stereocenters. The topological polar surface area (TPSA) is 55.1 Å². The van der Waals surface area contributed by atoms with Crippen molar-refractivity contribution >= 4 is 10.9 Å². The number of aryl methyl sites for hydroxylation is 1. The highest BCUT2D eigenvalue weighted by Gasteiger charge is 2.11. The molecule has 0 radical (unpaired) electrons. The summed E-state index contributed by atoms with van der Waals surface area (Å²) >= 11 is 0. The Morgan fingerprint density at radius 2 is 2.00 bits per heavy atom. The lowest BCUT2D eigenvalue weighted by Gasteiger charge is -2.09. The van der Waals surface area contributed by atoms with E-state index in [9.17, 15) is 0 Å². The van der Waals surface area contributed by atoms with Gasteiger partial charge in [0.2, 0.25) is 5.88 Å². The van der Waals surface area contributed by atoms with E-state index < -0.39 is 0 Å². The molecule has 0 aliphatic carbocycles. The predicted octanol–water partition coefficient (Wildman–Crippen LogP) is 2.43. The van der Waals surface area contributed by atoms with E-state index in [0.717, 1.165) is 10.9 Å². The van der Waals surface area contributed by atoms with E-state index in [1.54, 1.807) is 13.2 Å². The highest BCUT2D eigenvalue weighted by Crippen LogP contribution is 2.30. The molecule has 0 N–H and O–H groups in total. The van der Waals surface area contributed by atoms with E-state index in [1.807, 2.05) is 19.1 Å². The van der Waals surface area contributed by atoms with Gasteiger partial charge in [-0.2, -0.15) is 5.26 Å². The highest BCUT2D eigenvalue weighted by molar-refractivity contribution is 5.89. The molecular weight excluding hydrogens is 216 g/mol. The Labute approximate surface area is 99.4 Å². The van der Waals surface area contributed by atoms with E-state index >= 15 is 0 Å². The third-order valence-electron chi connectivity index (χ3n) is 2.66. The van der Waals surface area contributed by atoms with Crippen LogP contribution in [0.15, 0.2) is 18.2 Å². The smallest absolute Gasteiger partial charge is 0.232 e. The second-order valence-electron chi connectivity index (χ2n) is 3.64. The zero-order chi connectivity index (χ0) is 12.4. The Balaban J connectivity index is 2.87. The van der Waals surface area contributed by atoms with Crippen molar-refractivity contribution in [2.45, 2.75) is 6.92 Å². The van der Waals surface area contributed by atoms with Gasteiger partial charge < -0.3 is 9.47 Å². The summed E-state index contributed by atoms with van der Waals surface area (Å²) in [7, 11) is 3.09. The van der Waals surface area contributed by atoms with Crippen molar-refractivity contribution in [3.05, 3.63) is 29.3 Å². The summed E-state index contributed by atoms with van der Waals surface area (Å²) in [5, 5.41) is 9.93. The molecule has 0 amide bonds. The lowest BCUT2D eigenvalue weighted by atomic mass is 10.1. The van der Waals surface area contributed by atoms with Gasteiger partial charge in [-0.25, -0.2) is 4.98 Å². The molecule has 4 nitrogen and oxygen atoms in total. The molecule has 0 unspecified atom stereocenters. The molecule has 1 aromatic heterocycles. The van der Waals surface area contributed by atoms with E-state index in [4.69, 9.17) is 14.7 Å². The van der Waals surface area contributed by atoms with Crippen molar-refractivity contribution in [1.82, 2.24) is 4.98 Å². The molecule has 2 aromatic rings. The maximum atomic E-state index is 9.03. The van der Waals surface area contributed by atoms with Crippen molar-refractivity contribution in [3.8, 4) is 17.7 Å². The first kappa shape index (κ1) is 11.2. The summed E-state index contributed by atoms with van der Waals surface area (Å²) in [6, 6.07) is 7.65. The van der Waals surface area contributed by atoms with Crippen LogP contribution in [0, 0.1) is 18.3 Å². The minimum atomic E-state index is 0.323. The van der Waals surface area contributed by atoms with E-state index in [2.05, 4.69) is 11.1 Å². The van der Waals surface area contributed by atoms with Crippen molar-refractivity contribution in [2.24, 2.45) is 0 Å². The molecule has 2 rings (SSSR count). The summed E-state index contributed by atoms with van der Waals surface area (Å²) < 4.78 is 10.3. The normalized spacial score (nSPS) is 10.0. The Bertz CT molecular complexity index is 615. The summed E-state index contributed by atoms with van der Waals surface area (Å²) in [6.45, 7) is 1.97. The van der Waals surface area contributed by atoms with Crippen molar-refractivity contribution in [3.63, 3.8) is 0 Å². The van der Waals surface area contributed by atoms with Crippen LogP contribution in [0.5, 0.6) is 11.6 Å². The van der Waals surface area contributed by atoms with Crippen LogP contribution in [0.3, 0.4) is 0 Å². The van der Waals surface area contributed by atoms with E-state index in [0.29, 0.717) is 22.7 Å². The number of nitrogens with zero attached hydrogens (tertiary/aromatic N) is 2. The first-order chi connectivity index (χ1) is 8.21. The van der Waals surface area contributed by atoms with E-state index in [-0.39, 0.29) is 0 Å². The zero-order valence-electron chi connectivity index (χ0n) is 9.94. The summed E-state index contributed by atoms with van der Waals surface area (Å²) in [6.07, 6.45) is 0. The minimum absolute atomic E-state index is 0.323. The van der Waals surface area contributed by atoms with Gasteiger partial charge in [0.25, 0.3) is 0 Å². The van der Waals surface area contributed by atoms with Gasteiger partial charge in [-0.3, -0.25) is 0 Å². The first-order valence-electron chi connectivity index (χ1n) is 5.13. The number of methoxy groups -OCH3 is 2. The molecule has 0 saturated carbocycles. The number of pyridine rings is 1. The molecule has 17 heavy (non-hydrogen) atoms. The van der Waals surface area contributed by atoms with Crippen LogP contribution in [0.25, 0.3) is 10.9 Å². The molecule has 0 bridgehead atoms. The van der Waals surface area contributed by atoms with Crippen molar-refractivity contribution in [2.75, 3.05) is 14.2 Å². The van der Waals surface area contributed by atoms with Crippen molar-refractivity contribution in [1.29, 1.82) is 5.26 Å². The number of rotatable bonds is 2. The molecule has 0 saturated heterocycles. The number of nitriles is 1. The summed E-state index contributed by atoms with van der Waals surface area (Å²) in [5.41, 5.74) is 2.19. The maximum absolute atomic E-state index is 9.03. The lowest BCUT2D eigenvalue weighted by molar-refractivity contribution is 0.395. The Kier molecular flexibility index (Phi) is 2.84. The summed E-state index contributed by atoms with van der Waals surface area (Å²) in [4.78, 5) is 4.33. The fourth-order valence-corrected chi connectivity index (χ4v) is 1.75. The van der Waals surface area contributed by atoms with Gasteiger partial charge in [-0.15, -0.1) is 0 Å². The average molecular weight is 228 g/mol. The molecular formula is C13H12N2O2. The molecule has 86 valence electrons. The number of hydrogen-bond donors (Lipinski definition) is 0. The first-order valence-corrected chi connectivity index (χ1v) is 5.13. The quantitative estimate of drug-likeness (QED) is 0.792.